The third kappa shape index (κ3) is 3.76. The van der Waals surface area contributed by atoms with Gasteiger partial charge in [-0.15, -0.1) is 0 Å². The minimum Gasteiger partial charge on any atom is -0.496 e. The average Bonchev–Trinajstić information content (AvgIpc) is 2.72. The summed E-state index contributed by atoms with van der Waals surface area (Å²) in [7, 11) is 1.78. The Morgan fingerprint density at radius 1 is 1.07 bits per heavy atom. The number of fused-ring (bicyclic) bond motifs is 2. The summed E-state index contributed by atoms with van der Waals surface area (Å²) in [5.41, 5.74) is 5.79. The van der Waals surface area contributed by atoms with E-state index in [0.717, 1.165) is 38.0 Å². The van der Waals surface area contributed by atoms with Gasteiger partial charge in [0.1, 0.15) is 5.75 Å². The Morgan fingerprint density at radius 3 is 2.78 bits per heavy atom. The highest BCUT2D eigenvalue weighted by atomic mass is 16.5. The molecule has 4 rings (SSSR count). The summed E-state index contributed by atoms with van der Waals surface area (Å²) in [5, 5.41) is 7.98. The lowest BCUT2D eigenvalue weighted by atomic mass is 9.80. The first kappa shape index (κ1) is 18.5. The molecule has 0 aliphatic heterocycles. The molecule has 0 radical (unpaired) electrons. The molecule has 2 N–H and O–H groups in total. The molecule has 2 aliphatic rings. The number of aryl methyl sites for hydroxylation is 1. The molecule has 2 aromatic carbocycles. The molecule has 3 nitrogen and oxygen atoms in total. The molecular formula is C24H32N2O. The summed E-state index contributed by atoms with van der Waals surface area (Å²) >= 11 is 0. The van der Waals surface area contributed by atoms with Crippen LogP contribution in [-0.4, -0.2) is 19.3 Å². The molecule has 2 aromatic rings. The zero-order valence-electron chi connectivity index (χ0n) is 16.7. The highest BCUT2D eigenvalue weighted by molar-refractivity contribution is 5.43. The van der Waals surface area contributed by atoms with Crippen molar-refractivity contribution in [1.29, 1.82) is 0 Å². The van der Waals surface area contributed by atoms with Gasteiger partial charge < -0.3 is 4.74 Å². The van der Waals surface area contributed by atoms with Crippen molar-refractivity contribution in [3.05, 3.63) is 64.7 Å². The van der Waals surface area contributed by atoms with Crippen molar-refractivity contribution in [2.75, 3.05) is 13.7 Å². The summed E-state index contributed by atoms with van der Waals surface area (Å²) in [6, 6.07) is 15.9. The zero-order chi connectivity index (χ0) is 18.7. The van der Waals surface area contributed by atoms with Crippen LogP contribution in [0.1, 0.15) is 60.9 Å². The normalized spacial score (nSPS) is 24.1. The van der Waals surface area contributed by atoms with E-state index in [-0.39, 0.29) is 5.66 Å². The largest absolute Gasteiger partial charge is 0.496 e. The number of hydrogen-bond acceptors (Lipinski definition) is 3. The van der Waals surface area contributed by atoms with E-state index in [1.54, 1.807) is 7.11 Å². The predicted octanol–water partition coefficient (Wildman–Crippen LogP) is 4.55. The van der Waals surface area contributed by atoms with Crippen molar-refractivity contribution >= 4 is 0 Å². The van der Waals surface area contributed by atoms with Crippen LogP contribution in [0, 0.1) is 0 Å². The maximum Gasteiger partial charge on any atom is 0.122 e. The fourth-order valence-electron chi connectivity index (χ4n) is 4.93. The van der Waals surface area contributed by atoms with Gasteiger partial charge in [0.05, 0.1) is 12.8 Å². The van der Waals surface area contributed by atoms with Crippen molar-refractivity contribution in [3.8, 4) is 5.75 Å². The fraction of sp³-hybridized carbons (Fsp3) is 0.500. The zero-order valence-corrected chi connectivity index (χ0v) is 16.7. The van der Waals surface area contributed by atoms with E-state index in [0.29, 0.717) is 6.04 Å². The van der Waals surface area contributed by atoms with Crippen LogP contribution >= 0.6 is 0 Å². The Bertz CT molecular complexity index is 788. The topological polar surface area (TPSA) is 33.3 Å². The minimum absolute atomic E-state index is 0.0372. The Balaban J connectivity index is 1.62. The molecule has 0 fully saturated rings. The summed E-state index contributed by atoms with van der Waals surface area (Å²) in [6.07, 6.45) is 8.01. The third-order valence-corrected chi connectivity index (χ3v) is 6.28. The molecule has 0 aromatic heterocycles. The molecule has 0 amide bonds. The lowest BCUT2D eigenvalue weighted by molar-refractivity contribution is 0.189. The van der Waals surface area contributed by atoms with Crippen LogP contribution in [0.5, 0.6) is 5.75 Å². The van der Waals surface area contributed by atoms with E-state index in [1.807, 2.05) is 0 Å². The molecule has 27 heavy (non-hydrogen) atoms. The van der Waals surface area contributed by atoms with Gasteiger partial charge in [0, 0.05) is 12.5 Å². The number of benzene rings is 2. The van der Waals surface area contributed by atoms with Gasteiger partial charge in [-0.2, -0.15) is 0 Å². The van der Waals surface area contributed by atoms with Crippen molar-refractivity contribution in [3.63, 3.8) is 0 Å². The second-order valence-electron chi connectivity index (χ2n) is 8.07. The summed E-state index contributed by atoms with van der Waals surface area (Å²) in [5.74, 6) is 1.04. The number of methoxy groups -OCH3 is 1. The van der Waals surface area contributed by atoms with Crippen LogP contribution in [0.4, 0.5) is 0 Å². The monoisotopic (exact) mass is 364 g/mol. The molecule has 144 valence electrons. The van der Waals surface area contributed by atoms with E-state index < -0.39 is 0 Å². The first-order valence-electron chi connectivity index (χ1n) is 10.5. The van der Waals surface area contributed by atoms with Gasteiger partial charge in [-0.3, -0.25) is 10.6 Å². The molecule has 0 bridgehead atoms. The van der Waals surface area contributed by atoms with Crippen molar-refractivity contribution in [2.24, 2.45) is 0 Å². The number of rotatable bonds is 6. The van der Waals surface area contributed by atoms with Crippen molar-refractivity contribution in [2.45, 2.75) is 63.6 Å². The summed E-state index contributed by atoms with van der Waals surface area (Å²) in [6.45, 7) is 3.29. The molecule has 0 saturated heterocycles. The third-order valence-electron chi connectivity index (χ3n) is 6.28. The van der Waals surface area contributed by atoms with Crippen LogP contribution in [0.2, 0.25) is 0 Å². The Labute approximate surface area is 163 Å². The Hall–Kier alpha value is -1.84. The Kier molecular flexibility index (Phi) is 5.51. The maximum absolute atomic E-state index is 5.62. The van der Waals surface area contributed by atoms with Gasteiger partial charge in [-0.05, 0) is 73.4 Å². The van der Waals surface area contributed by atoms with Crippen LogP contribution in [-0.2, 0) is 19.3 Å². The lowest BCUT2D eigenvalue weighted by Crippen LogP contribution is -2.61. The molecule has 0 spiro atoms. The molecule has 3 heteroatoms. The van der Waals surface area contributed by atoms with Gasteiger partial charge in [-0.1, -0.05) is 43.3 Å². The van der Waals surface area contributed by atoms with Gasteiger partial charge in [-0.25, -0.2) is 0 Å². The van der Waals surface area contributed by atoms with E-state index in [1.165, 1.54) is 41.5 Å². The molecular weight excluding hydrogens is 332 g/mol. The minimum atomic E-state index is -0.0372. The first-order chi connectivity index (χ1) is 13.2. The van der Waals surface area contributed by atoms with Crippen LogP contribution in [0.3, 0.4) is 0 Å². The standard InChI is InChI=1S/C24H32N2O/c1-3-16-25-24(15-14-21-19(17-24)10-7-13-23(21)27-2)26-22-12-6-9-18-8-4-5-11-20(18)22/h4-5,7-8,10-11,13,22,25-26H,3,6,9,12,14-17H2,1-2H3. The predicted molar refractivity (Wildman–Crippen MR) is 111 cm³/mol. The fourth-order valence-corrected chi connectivity index (χ4v) is 4.93. The SMILES string of the molecule is CCCNC1(NC2CCCc3ccccc32)CCc2c(cccc2OC)C1. The van der Waals surface area contributed by atoms with Crippen molar-refractivity contribution in [1.82, 2.24) is 10.6 Å². The molecule has 2 aliphatic carbocycles. The molecule has 2 unspecified atom stereocenters. The second-order valence-corrected chi connectivity index (χ2v) is 8.07. The lowest BCUT2D eigenvalue weighted by Gasteiger charge is -2.44. The van der Waals surface area contributed by atoms with E-state index >= 15 is 0 Å². The smallest absolute Gasteiger partial charge is 0.122 e. The summed E-state index contributed by atoms with van der Waals surface area (Å²) in [4.78, 5) is 0. The van der Waals surface area contributed by atoms with Gasteiger partial charge in [0.25, 0.3) is 0 Å². The molecule has 0 heterocycles. The van der Waals surface area contributed by atoms with Gasteiger partial charge >= 0.3 is 0 Å². The highest BCUT2D eigenvalue weighted by Crippen LogP contribution is 2.37. The van der Waals surface area contributed by atoms with Gasteiger partial charge in [0.2, 0.25) is 0 Å². The number of nitrogens with one attached hydrogen (secondary N) is 2. The molecule has 0 saturated carbocycles. The van der Waals surface area contributed by atoms with Crippen LogP contribution < -0.4 is 15.4 Å². The van der Waals surface area contributed by atoms with E-state index in [2.05, 4.69) is 60.0 Å². The number of ether oxygens (including phenoxy) is 1. The maximum atomic E-state index is 5.62. The molecule has 2 atom stereocenters. The average molecular weight is 365 g/mol. The Morgan fingerprint density at radius 2 is 1.93 bits per heavy atom. The highest BCUT2D eigenvalue weighted by Gasteiger charge is 2.37. The first-order valence-corrected chi connectivity index (χ1v) is 10.5. The second kappa shape index (κ2) is 8.04. The summed E-state index contributed by atoms with van der Waals surface area (Å²) < 4.78 is 5.62. The number of hydrogen-bond donors (Lipinski definition) is 2. The van der Waals surface area contributed by atoms with Crippen LogP contribution in [0.25, 0.3) is 0 Å². The van der Waals surface area contributed by atoms with E-state index in [9.17, 15) is 0 Å². The van der Waals surface area contributed by atoms with Gasteiger partial charge in [0.15, 0.2) is 0 Å². The van der Waals surface area contributed by atoms with Crippen molar-refractivity contribution < 1.29 is 4.74 Å². The quantitative estimate of drug-likeness (QED) is 0.738. The van der Waals surface area contributed by atoms with Crippen LogP contribution in [0.15, 0.2) is 42.5 Å². The van der Waals surface area contributed by atoms with E-state index in [4.69, 9.17) is 4.74 Å².